The van der Waals surface area contributed by atoms with Gasteiger partial charge in [-0.2, -0.15) is 0 Å². The first-order chi connectivity index (χ1) is 10.5. The minimum atomic E-state index is -0.419. The van der Waals surface area contributed by atoms with Crippen LogP contribution >= 0.6 is 11.6 Å². The molecule has 0 bridgehead atoms. The molecule has 22 heavy (non-hydrogen) atoms. The number of carbonyl (C=O) groups is 2. The van der Waals surface area contributed by atoms with Crippen LogP contribution in [0.3, 0.4) is 0 Å². The summed E-state index contributed by atoms with van der Waals surface area (Å²) in [4.78, 5) is 27.4. The topological polar surface area (TPSA) is 64.7 Å². The average molecular weight is 325 g/mol. The maximum Gasteiger partial charge on any atom is 0.319 e. The molecule has 3 amide bonds. The smallest absolute Gasteiger partial charge is 0.319 e. The monoisotopic (exact) mass is 324 g/mol. The molecule has 0 unspecified atom stereocenters. The highest BCUT2D eigenvalue weighted by Crippen LogP contribution is 2.32. The number of halogens is 1. The number of carbonyl (C=O) groups excluding carboxylic acids is 2. The standard InChI is InChI=1S/C15H21ClN4O2/c1-19(2)14-11(16)6-5-7-12(14)18-15(22)17-10-13(21)20-8-3-4-9-20/h5-7H,3-4,8-10H2,1-2H3,(H2,17,18,22). The number of para-hydroxylation sites is 1. The van der Waals surface area contributed by atoms with Gasteiger partial charge in [0.1, 0.15) is 0 Å². The summed E-state index contributed by atoms with van der Waals surface area (Å²) in [6.45, 7) is 1.56. The van der Waals surface area contributed by atoms with E-state index < -0.39 is 6.03 Å². The first kappa shape index (κ1) is 16.4. The van der Waals surface area contributed by atoms with E-state index in [-0.39, 0.29) is 12.5 Å². The number of likely N-dealkylation sites (tertiary alicyclic amines) is 1. The van der Waals surface area contributed by atoms with E-state index in [4.69, 9.17) is 11.6 Å². The number of rotatable bonds is 4. The summed E-state index contributed by atoms with van der Waals surface area (Å²) in [5, 5.41) is 5.87. The second-order valence-corrected chi connectivity index (χ2v) is 5.83. The third-order valence-corrected chi connectivity index (χ3v) is 3.85. The Bertz CT molecular complexity index is 556. The van der Waals surface area contributed by atoms with Crippen molar-refractivity contribution in [3.63, 3.8) is 0 Å². The van der Waals surface area contributed by atoms with Gasteiger partial charge < -0.3 is 20.4 Å². The fraction of sp³-hybridized carbons (Fsp3) is 0.467. The van der Waals surface area contributed by atoms with Crippen LogP contribution in [0, 0.1) is 0 Å². The van der Waals surface area contributed by atoms with Crippen LogP contribution in [0.1, 0.15) is 12.8 Å². The zero-order chi connectivity index (χ0) is 16.1. The van der Waals surface area contributed by atoms with Crippen molar-refractivity contribution in [3.8, 4) is 0 Å². The molecule has 2 rings (SSSR count). The van der Waals surface area contributed by atoms with Gasteiger partial charge in [-0.1, -0.05) is 17.7 Å². The lowest BCUT2D eigenvalue weighted by atomic mass is 10.2. The molecule has 0 aromatic heterocycles. The van der Waals surface area contributed by atoms with Gasteiger partial charge in [0.05, 0.1) is 22.9 Å². The molecular formula is C15H21ClN4O2. The Morgan fingerprint density at radius 1 is 1.27 bits per heavy atom. The largest absolute Gasteiger partial charge is 0.375 e. The number of nitrogens with one attached hydrogen (secondary N) is 2. The SMILES string of the molecule is CN(C)c1c(Cl)cccc1NC(=O)NCC(=O)N1CCCC1. The molecule has 6 nitrogen and oxygen atoms in total. The predicted octanol–water partition coefficient (Wildman–Crippen LogP) is 2.15. The number of amides is 3. The van der Waals surface area contributed by atoms with Crippen LogP contribution < -0.4 is 15.5 Å². The summed E-state index contributed by atoms with van der Waals surface area (Å²) in [5.41, 5.74) is 1.33. The van der Waals surface area contributed by atoms with Gasteiger partial charge in [0.15, 0.2) is 0 Å². The van der Waals surface area contributed by atoms with Gasteiger partial charge in [-0.05, 0) is 25.0 Å². The van der Waals surface area contributed by atoms with Gasteiger partial charge in [0.2, 0.25) is 5.91 Å². The molecule has 1 aliphatic rings. The molecule has 0 aliphatic carbocycles. The Hall–Kier alpha value is -1.95. The van der Waals surface area contributed by atoms with E-state index in [0.29, 0.717) is 10.7 Å². The van der Waals surface area contributed by atoms with Crippen molar-refractivity contribution in [1.82, 2.24) is 10.2 Å². The number of urea groups is 1. The summed E-state index contributed by atoms with van der Waals surface area (Å²) in [6.07, 6.45) is 2.07. The molecule has 120 valence electrons. The van der Waals surface area contributed by atoms with Crippen molar-refractivity contribution in [3.05, 3.63) is 23.2 Å². The van der Waals surface area contributed by atoms with E-state index in [1.165, 1.54) is 0 Å². The van der Waals surface area contributed by atoms with Crippen LogP contribution in [-0.4, -0.2) is 50.6 Å². The fourth-order valence-corrected chi connectivity index (χ4v) is 2.82. The van der Waals surface area contributed by atoms with Crippen molar-refractivity contribution in [1.29, 1.82) is 0 Å². The van der Waals surface area contributed by atoms with E-state index in [1.54, 1.807) is 23.1 Å². The highest BCUT2D eigenvalue weighted by molar-refractivity contribution is 6.34. The molecular weight excluding hydrogens is 304 g/mol. The van der Waals surface area contributed by atoms with Crippen LogP contribution in [0.15, 0.2) is 18.2 Å². The summed E-state index contributed by atoms with van der Waals surface area (Å²) >= 11 is 6.15. The van der Waals surface area contributed by atoms with Crippen molar-refractivity contribution in [2.24, 2.45) is 0 Å². The van der Waals surface area contributed by atoms with Gasteiger partial charge >= 0.3 is 6.03 Å². The lowest BCUT2D eigenvalue weighted by Crippen LogP contribution is -2.40. The van der Waals surface area contributed by atoms with Gasteiger partial charge in [0.25, 0.3) is 0 Å². The quantitative estimate of drug-likeness (QED) is 0.892. The second-order valence-electron chi connectivity index (χ2n) is 5.43. The zero-order valence-electron chi connectivity index (χ0n) is 12.9. The predicted molar refractivity (Wildman–Crippen MR) is 88.6 cm³/mol. The summed E-state index contributed by atoms with van der Waals surface area (Å²) < 4.78 is 0. The van der Waals surface area contributed by atoms with Crippen LogP contribution in [0.2, 0.25) is 5.02 Å². The second kappa shape index (κ2) is 7.35. The molecule has 2 N–H and O–H groups in total. The molecule has 0 radical (unpaired) electrons. The number of nitrogens with zero attached hydrogens (tertiary/aromatic N) is 2. The number of anilines is 2. The molecule has 0 spiro atoms. The van der Waals surface area contributed by atoms with Gasteiger partial charge in [-0.3, -0.25) is 4.79 Å². The third kappa shape index (κ3) is 4.04. The molecule has 1 aliphatic heterocycles. The Labute approximate surface area is 135 Å². The van der Waals surface area contributed by atoms with Crippen molar-refractivity contribution < 1.29 is 9.59 Å². The van der Waals surface area contributed by atoms with Crippen LogP contribution in [0.25, 0.3) is 0 Å². The highest BCUT2D eigenvalue weighted by Gasteiger charge is 2.18. The lowest BCUT2D eigenvalue weighted by Gasteiger charge is -2.20. The molecule has 0 saturated carbocycles. The first-order valence-corrected chi connectivity index (χ1v) is 7.65. The Kier molecular flexibility index (Phi) is 5.49. The van der Waals surface area contributed by atoms with Crippen LogP contribution in [-0.2, 0) is 4.79 Å². The Morgan fingerprint density at radius 3 is 2.59 bits per heavy atom. The zero-order valence-corrected chi connectivity index (χ0v) is 13.6. The Morgan fingerprint density at radius 2 is 1.95 bits per heavy atom. The summed E-state index contributed by atoms with van der Waals surface area (Å²) in [5.74, 6) is -0.0495. The number of hydrogen-bond donors (Lipinski definition) is 2. The minimum Gasteiger partial charge on any atom is -0.375 e. The maximum atomic E-state index is 12.0. The van der Waals surface area contributed by atoms with E-state index >= 15 is 0 Å². The molecule has 1 aromatic rings. The molecule has 1 heterocycles. The Balaban J connectivity index is 1.92. The maximum absolute atomic E-state index is 12.0. The van der Waals surface area contributed by atoms with Crippen molar-refractivity contribution in [2.45, 2.75) is 12.8 Å². The van der Waals surface area contributed by atoms with Crippen LogP contribution in [0.4, 0.5) is 16.2 Å². The number of benzene rings is 1. The summed E-state index contributed by atoms with van der Waals surface area (Å²) in [7, 11) is 3.70. The van der Waals surface area contributed by atoms with E-state index in [1.807, 2.05) is 19.0 Å². The van der Waals surface area contributed by atoms with Crippen LogP contribution in [0.5, 0.6) is 0 Å². The molecule has 0 atom stereocenters. The minimum absolute atomic E-state index is 0.00367. The molecule has 1 aromatic carbocycles. The molecule has 7 heteroatoms. The normalized spacial score (nSPS) is 13.9. The molecule has 1 saturated heterocycles. The van der Waals surface area contributed by atoms with Gasteiger partial charge in [-0.25, -0.2) is 4.79 Å². The molecule has 1 fully saturated rings. The average Bonchev–Trinajstić information content (AvgIpc) is 2.98. The summed E-state index contributed by atoms with van der Waals surface area (Å²) in [6, 6.07) is 4.87. The fourth-order valence-electron chi connectivity index (χ4n) is 2.47. The third-order valence-electron chi connectivity index (χ3n) is 3.54. The van der Waals surface area contributed by atoms with E-state index in [2.05, 4.69) is 10.6 Å². The first-order valence-electron chi connectivity index (χ1n) is 7.27. The van der Waals surface area contributed by atoms with Crippen molar-refractivity contribution >= 4 is 34.9 Å². The van der Waals surface area contributed by atoms with Crippen molar-refractivity contribution in [2.75, 3.05) is 43.9 Å². The van der Waals surface area contributed by atoms with E-state index in [9.17, 15) is 9.59 Å². The van der Waals surface area contributed by atoms with E-state index in [0.717, 1.165) is 31.6 Å². The highest BCUT2D eigenvalue weighted by atomic mass is 35.5. The van der Waals surface area contributed by atoms with Gasteiger partial charge in [-0.15, -0.1) is 0 Å². The van der Waals surface area contributed by atoms with Gasteiger partial charge in [0, 0.05) is 27.2 Å². The lowest BCUT2D eigenvalue weighted by molar-refractivity contribution is -0.128. The number of hydrogen-bond acceptors (Lipinski definition) is 3.